The first kappa shape index (κ1) is 14.6. The highest BCUT2D eigenvalue weighted by Gasteiger charge is 2.37. The standard InChI is InChI=1S/C15H14N2O4S/c1-3-4-10-7(2)11-12(22-10)16-15(21)17(13(11)18)9-5-8(6-9)14(19)20/h8-9H,5-6H2,1-2H3,(H,16,21)(H,19,20). The number of carboxylic acid groups (broad SMARTS) is 1. The Labute approximate surface area is 129 Å². The van der Waals surface area contributed by atoms with Crippen molar-refractivity contribution in [2.24, 2.45) is 5.92 Å². The second kappa shape index (κ2) is 5.14. The average Bonchev–Trinajstić information content (AvgIpc) is 2.68. The summed E-state index contributed by atoms with van der Waals surface area (Å²) in [7, 11) is 0. The molecule has 2 aromatic heterocycles. The van der Waals surface area contributed by atoms with E-state index in [2.05, 4.69) is 16.8 Å². The Bertz CT molecular complexity index is 948. The van der Waals surface area contributed by atoms with Gasteiger partial charge in [-0.2, -0.15) is 0 Å². The van der Waals surface area contributed by atoms with Crippen LogP contribution in [0.1, 0.15) is 36.2 Å². The fourth-order valence-electron chi connectivity index (χ4n) is 2.79. The van der Waals surface area contributed by atoms with E-state index in [0.717, 1.165) is 15.0 Å². The second-order valence-corrected chi connectivity index (χ2v) is 6.42. The Morgan fingerprint density at radius 1 is 1.41 bits per heavy atom. The minimum absolute atomic E-state index is 0.314. The number of hydrogen-bond donors (Lipinski definition) is 2. The number of carboxylic acids is 1. The van der Waals surface area contributed by atoms with E-state index in [-0.39, 0.29) is 11.6 Å². The van der Waals surface area contributed by atoms with Crippen molar-refractivity contribution in [2.45, 2.75) is 32.7 Å². The van der Waals surface area contributed by atoms with E-state index in [0.29, 0.717) is 23.1 Å². The van der Waals surface area contributed by atoms with Gasteiger partial charge in [0.25, 0.3) is 5.56 Å². The number of aromatic nitrogens is 2. The van der Waals surface area contributed by atoms with E-state index in [1.807, 2.05) is 6.92 Å². The number of H-pyrrole nitrogens is 1. The number of aliphatic carboxylic acids is 1. The summed E-state index contributed by atoms with van der Waals surface area (Å²) in [5, 5.41) is 9.40. The van der Waals surface area contributed by atoms with Gasteiger partial charge in [0.1, 0.15) is 4.83 Å². The highest BCUT2D eigenvalue weighted by molar-refractivity contribution is 7.19. The van der Waals surface area contributed by atoms with Crippen LogP contribution in [0.15, 0.2) is 9.59 Å². The molecule has 0 atom stereocenters. The fraction of sp³-hybridized carbons (Fsp3) is 0.400. The van der Waals surface area contributed by atoms with Gasteiger partial charge in [-0.3, -0.25) is 19.1 Å². The highest BCUT2D eigenvalue weighted by atomic mass is 32.1. The molecule has 0 amide bonds. The SMILES string of the molecule is CC#Cc1sc2[nH]c(=O)n(C3CC(C(=O)O)C3)c(=O)c2c1C. The monoisotopic (exact) mass is 318 g/mol. The largest absolute Gasteiger partial charge is 0.481 e. The van der Waals surface area contributed by atoms with Crippen LogP contribution in [-0.4, -0.2) is 20.6 Å². The molecule has 0 radical (unpaired) electrons. The van der Waals surface area contributed by atoms with Crippen LogP contribution in [0.4, 0.5) is 0 Å². The fourth-order valence-corrected chi connectivity index (χ4v) is 3.89. The lowest BCUT2D eigenvalue weighted by molar-refractivity contribution is -0.146. The summed E-state index contributed by atoms with van der Waals surface area (Å²) in [5.74, 6) is 4.37. The van der Waals surface area contributed by atoms with Crippen molar-refractivity contribution in [1.82, 2.24) is 9.55 Å². The Hall–Kier alpha value is -2.33. The Balaban J connectivity index is 2.15. The third-order valence-corrected chi connectivity index (χ3v) is 5.21. The molecule has 22 heavy (non-hydrogen) atoms. The number of aryl methyl sites for hydroxylation is 1. The predicted octanol–water partition coefficient (Wildman–Crippen LogP) is 1.47. The number of hydrogen-bond acceptors (Lipinski definition) is 4. The maximum atomic E-state index is 12.7. The van der Waals surface area contributed by atoms with Crippen molar-refractivity contribution in [3.63, 3.8) is 0 Å². The van der Waals surface area contributed by atoms with Crippen LogP contribution < -0.4 is 11.2 Å². The van der Waals surface area contributed by atoms with Crippen LogP contribution in [0.3, 0.4) is 0 Å². The first-order valence-electron chi connectivity index (χ1n) is 6.87. The van der Waals surface area contributed by atoms with Crippen molar-refractivity contribution >= 4 is 27.5 Å². The van der Waals surface area contributed by atoms with Gasteiger partial charge in [-0.25, -0.2) is 4.79 Å². The van der Waals surface area contributed by atoms with Crippen molar-refractivity contribution in [1.29, 1.82) is 0 Å². The van der Waals surface area contributed by atoms with Crippen LogP contribution in [0.25, 0.3) is 10.2 Å². The second-order valence-electron chi connectivity index (χ2n) is 5.40. The summed E-state index contributed by atoms with van der Waals surface area (Å²) < 4.78 is 1.16. The van der Waals surface area contributed by atoms with Gasteiger partial charge < -0.3 is 5.11 Å². The topological polar surface area (TPSA) is 92.2 Å². The Morgan fingerprint density at radius 2 is 2.09 bits per heavy atom. The average molecular weight is 318 g/mol. The zero-order valence-corrected chi connectivity index (χ0v) is 12.9. The molecule has 0 saturated heterocycles. The quantitative estimate of drug-likeness (QED) is 0.820. The molecule has 1 saturated carbocycles. The number of nitrogens with one attached hydrogen (secondary N) is 1. The summed E-state index contributed by atoms with van der Waals surface area (Å²) in [6, 6.07) is -0.346. The molecule has 1 aliphatic rings. The van der Waals surface area contributed by atoms with E-state index < -0.39 is 17.6 Å². The molecule has 1 fully saturated rings. The van der Waals surface area contributed by atoms with Crippen LogP contribution in [0.2, 0.25) is 0 Å². The van der Waals surface area contributed by atoms with Crippen LogP contribution in [0, 0.1) is 24.7 Å². The van der Waals surface area contributed by atoms with Crippen LogP contribution >= 0.6 is 11.3 Å². The summed E-state index contributed by atoms with van der Waals surface area (Å²) >= 11 is 1.29. The van der Waals surface area contributed by atoms with E-state index in [1.165, 1.54) is 11.3 Å². The lowest BCUT2D eigenvalue weighted by Crippen LogP contribution is -2.44. The molecule has 3 rings (SSSR count). The summed E-state index contributed by atoms with van der Waals surface area (Å²) in [6.07, 6.45) is 0.628. The molecule has 7 heteroatoms. The van der Waals surface area contributed by atoms with Crippen molar-refractivity contribution in [2.75, 3.05) is 0 Å². The molecule has 0 unspecified atom stereocenters. The van der Waals surface area contributed by atoms with Gasteiger partial charge in [0.2, 0.25) is 0 Å². The molecule has 2 N–H and O–H groups in total. The molecule has 0 bridgehead atoms. The minimum Gasteiger partial charge on any atom is -0.481 e. The number of aromatic amines is 1. The number of thiophene rings is 1. The normalized spacial score (nSPS) is 20.3. The minimum atomic E-state index is -0.881. The first-order chi connectivity index (χ1) is 10.4. The van der Waals surface area contributed by atoms with Gasteiger partial charge in [0.05, 0.1) is 16.2 Å². The number of carbonyl (C=O) groups is 1. The molecule has 114 valence electrons. The van der Waals surface area contributed by atoms with E-state index in [4.69, 9.17) is 5.11 Å². The van der Waals surface area contributed by atoms with Crippen LogP contribution in [-0.2, 0) is 4.79 Å². The van der Waals surface area contributed by atoms with Gasteiger partial charge in [-0.1, -0.05) is 5.92 Å². The van der Waals surface area contributed by atoms with Gasteiger partial charge >= 0.3 is 11.7 Å². The maximum Gasteiger partial charge on any atom is 0.329 e. The van der Waals surface area contributed by atoms with E-state index in [9.17, 15) is 14.4 Å². The molecular formula is C15H14N2O4S. The van der Waals surface area contributed by atoms with Crippen molar-refractivity contribution in [3.05, 3.63) is 31.3 Å². The first-order valence-corrected chi connectivity index (χ1v) is 7.69. The molecule has 2 aromatic rings. The van der Waals surface area contributed by atoms with E-state index in [1.54, 1.807) is 6.92 Å². The zero-order chi connectivity index (χ0) is 16.0. The summed E-state index contributed by atoms with van der Waals surface area (Å²) in [5.41, 5.74) is -0.0763. The third kappa shape index (κ3) is 2.07. The molecule has 0 spiro atoms. The Morgan fingerprint density at radius 3 is 2.68 bits per heavy atom. The lowest BCUT2D eigenvalue weighted by atomic mass is 9.80. The molecule has 2 heterocycles. The van der Waals surface area contributed by atoms with Crippen molar-refractivity contribution < 1.29 is 9.90 Å². The van der Waals surface area contributed by atoms with E-state index >= 15 is 0 Å². The number of nitrogens with zero attached hydrogens (tertiary/aromatic N) is 1. The summed E-state index contributed by atoms with van der Waals surface area (Å²) in [4.78, 5) is 39.7. The van der Waals surface area contributed by atoms with Gasteiger partial charge in [0, 0.05) is 6.04 Å². The third-order valence-electron chi connectivity index (χ3n) is 4.08. The molecular weight excluding hydrogens is 304 g/mol. The van der Waals surface area contributed by atoms with Gasteiger partial charge in [0.15, 0.2) is 0 Å². The van der Waals surface area contributed by atoms with Crippen LogP contribution in [0.5, 0.6) is 0 Å². The van der Waals surface area contributed by atoms with Gasteiger partial charge in [-0.05, 0) is 32.3 Å². The molecule has 0 aliphatic heterocycles. The van der Waals surface area contributed by atoms with Crippen molar-refractivity contribution in [3.8, 4) is 11.8 Å². The van der Waals surface area contributed by atoms with Gasteiger partial charge in [-0.15, -0.1) is 17.3 Å². The number of fused-ring (bicyclic) bond motifs is 1. The molecule has 6 nitrogen and oxygen atoms in total. The molecule has 1 aliphatic carbocycles. The number of rotatable bonds is 2. The Kier molecular flexibility index (Phi) is 3.41. The maximum absolute atomic E-state index is 12.7. The molecule has 0 aromatic carbocycles. The zero-order valence-electron chi connectivity index (χ0n) is 12.1. The highest BCUT2D eigenvalue weighted by Crippen LogP contribution is 2.36. The lowest BCUT2D eigenvalue weighted by Gasteiger charge is -2.32. The summed E-state index contributed by atoms with van der Waals surface area (Å²) in [6.45, 7) is 3.52. The predicted molar refractivity (Wildman–Crippen MR) is 83.4 cm³/mol. The smallest absolute Gasteiger partial charge is 0.329 e.